The first-order valence-electron chi connectivity index (χ1n) is 8.03. The number of anilines is 2. The van der Waals surface area contributed by atoms with Crippen LogP contribution >= 0.6 is 11.3 Å². The van der Waals surface area contributed by atoms with Crippen LogP contribution in [-0.4, -0.2) is 29.2 Å². The number of rotatable bonds is 9. The molecule has 5 nitrogen and oxygen atoms in total. The first kappa shape index (κ1) is 17.4. The maximum Gasteiger partial charge on any atom is 0.205 e. The Labute approximate surface area is 142 Å². The van der Waals surface area contributed by atoms with E-state index in [1.54, 1.807) is 5.38 Å². The molecule has 0 radical (unpaired) electrons. The normalized spacial score (nSPS) is 11.4. The van der Waals surface area contributed by atoms with Crippen molar-refractivity contribution in [1.29, 1.82) is 0 Å². The summed E-state index contributed by atoms with van der Waals surface area (Å²) in [6, 6.07) is 8.37. The van der Waals surface area contributed by atoms with Crippen molar-refractivity contribution < 1.29 is 0 Å². The topological polar surface area (TPSA) is 66.5 Å². The van der Waals surface area contributed by atoms with E-state index in [0.29, 0.717) is 10.9 Å². The van der Waals surface area contributed by atoms with Crippen molar-refractivity contribution in [2.75, 3.05) is 24.2 Å². The Kier molecular flexibility index (Phi) is 7.03. The van der Waals surface area contributed by atoms with Crippen LogP contribution in [0.5, 0.6) is 0 Å². The smallest absolute Gasteiger partial charge is 0.205 e. The van der Waals surface area contributed by atoms with Gasteiger partial charge in [-0.05, 0) is 30.6 Å². The molecular formula is C17H25N5S. The lowest BCUT2D eigenvalue weighted by molar-refractivity contribution is 0.275. The molecular weight excluding hydrogens is 306 g/mol. The lowest BCUT2D eigenvalue weighted by atomic mass is 10.1. The third-order valence-electron chi connectivity index (χ3n) is 3.61. The molecule has 1 aromatic heterocycles. The number of nitrogens with one attached hydrogen (secondary N) is 1. The maximum atomic E-state index is 5.60. The summed E-state index contributed by atoms with van der Waals surface area (Å²) in [4.78, 5) is 6.59. The Balaban J connectivity index is 2.01. The summed E-state index contributed by atoms with van der Waals surface area (Å²) >= 11 is 1.44. The second kappa shape index (κ2) is 9.27. The molecule has 0 aliphatic carbocycles. The number of hydrogen-bond acceptors (Lipinski definition) is 6. The Hall–Kier alpha value is -1.92. The monoisotopic (exact) mass is 331 g/mol. The summed E-state index contributed by atoms with van der Waals surface area (Å²) in [6.07, 6.45) is 4.30. The number of hydrogen-bond donors (Lipinski definition) is 2. The highest BCUT2D eigenvalue weighted by molar-refractivity contribution is 7.14. The number of unbranched alkanes of at least 4 members (excludes halogenated alkanes) is 1. The van der Waals surface area contributed by atoms with Crippen LogP contribution in [0.3, 0.4) is 0 Å². The van der Waals surface area contributed by atoms with Crippen LogP contribution in [0, 0.1) is 0 Å². The van der Waals surface area contributed by atoms with E-state index in [4.69, 9.17) is 5.73 Å². The minimum atomic E-state index is 0.516. The molecule has 0 saturated carbocycles. The summed E-state index contributed by atoms with van der Waals surface area (Å²) in [5.41, 5.74) is 10.9. The molecule has 0 saturated heterocycles. The first-order valence-corrected chi connectivity index (χ1v) is 8.91. The lowest BCUT2D eigenvalue weighted by Gasteiger charge is -2.21. The number of nitrogens with two attached hydrogens (primary N) is 1. The number of nitrogen functional groups attached to an aromatic ring is 1. The molecule has 0 amide bonds. The third kappa shape index (κ3) is 5.65. The summed E-state index contributed by atoms with van der Waals surface area (Å²) < 4.78 is 0. The fraction of sp³-hybridized carbons (Fsp3) is 0.412. The van der Waals surface area contributed by atoms with Gasteiger partial charge in [0.15, 0.2) is 0 Å². The van der Waals surface area contributed by atoms with Crippen molar-refractivity contribution in [1.82, 2.24) is 9.88 Å². The predicted octanol–water partition coefficient (Wildman–Crippen LogP) is 3.79. The lowest BCUT2D eigenvalue weighted by Crippen LogP contribution is -2.24. The molecule has 3 N–H and O–H groups in total. The van der Waals surface area contributed by atoms with Crippen molar-refractivity contribution in [3.8, 4) is 0 Å². The van der Waals surface area contributed by atoms with E-state index in [1.165, 1.54) is 29.7 Å². The molecule has 0 aliphatic rings. The van der Waals surface area contributed by atoms with Crippen LogP contribution in [0.4, 0.5) is 10.9 Å². The highest BCUT2D eigenvalue weighted by Crippen LogP contribution is 2.16. The van der Waals surface area contributed by atoms with Gasteiger partial charge in [-0.15, -0.1) is 11.3 Å². The number of aromatic nitrogens is 1. The van der Waals surface area contributed by atoms with Crippen molar-refractivity contribution >= 4 is 28.5 Å². The van der Waals surface area contributed by atoms with E-state index in [2.05, 4.69) is 52.5 Å². The number of benzene rings is 1. The number of nitrogens with zero attached hydrogens (tertiary/aromatic N) is 3. The molecule has 0 atom stereocenters. The summed E-state index contributed by atoms with van der Waals surface area (Å²) in [6.45, 7) is 7.58. The summed E-state index contributed by atoms with van der Waals surface area (Å²) in [5, 5.41) is 6.77. The van der Waals surface area contributed by atoms with Crippen molar-refractivity contribution in [3.05, 3.63) is 40.8 Å². The van der Waals surface area contributed by atoms with Gasteiger partial charge < -0.3 is 5.73 Å². The number of thiazole rings is 1. The molecule has 2 rings (SSSR count). The Morgan fingerprint density at radius 1 is 1.35 bits per heavy atom. The maximum absolute atomic E-state index is 5.60. The van der Waals surface area contributed by atoms with Gasteiger partial charge in [-0.1, -0.05) is 44.5 Å². The molecule has 0 aliphatic heterocycles. The predicted molar refractivity (Wildman–Crippen MR) is 100 cm³/mol. The van der Waals surface area contributed by atoms with Gasteiger partial charge >= 0.3 is 0 Å². The zero-order valence-corrected chi connectivity index (χ0v) is 14.6. The quantitative estimate of drug-likeness (QED) is 0.542. The SMILES string of the molecule is CCCCN(CC)Cc1ccccc1C=NNc1nc(N)cs1. The largest absolute Gasteiger partial charge is 0.383 e. The van der Waals surface area contributed by atoms with Crippen LogP contribution < -0.4 is 11.2 Å². The van der Waals surface area contributed by atoms with E-state index >= 15 is 0 Å². The molecule has 23 heavy (non-hydrogen) atoms. The van der Waals surface area contributed by atoms with Crippen LogP contribution in [0.1, 0.15) is 37.8 Å². The highest BCUT2D eigenvalue weighted by atomic mass is 32.1. The Morgan fingerprint density at radius 3 is 2.87 bits per heavy atom. The molecule has 1 heterocycles. The van der Waals surface area contributed by atoms with Gasteiger partial charge in [0.05, 0.1) is 6.21 Å². The molecule has 2 aromatic rings. The highest BCUT2D eigenvalue weighted by Gasteiger charge is 2.06. The van der Waals surface area contributed by atoms with Gasteiger partial charge in [0.25, 0.3) is 0 Å². The average Bonchev–Trinajstić information content (AvgIpc) is 2.98. The van der Waals surface area contributed by atoms with E-state index in [9.17, 15) is 0 Å². The minimum Gasteiger partial charge on any atom is -0.383 e. The van der Waals surface area contributed by atoms with Crippen molar-refractivity contribution in [3.63, 3.8) is 0 Å². The van der Waals surface area contributed by atoms with Crippen molar-refractivity contribution in [2.24, 2.45) is 5.10 Å². The fourth-order valence-corrected chi connectivity index (χ4v) is 2.82. The zero-order chi connectivity index (χ0) is 16.5. The van der Waals surface area contributed by atoms with Gasteiger partial charge in [0, 0.05) is 11.9 Å². The summed E-state index contributed by atoms with van der Waals surface area (Å²) in [7, 11) is 0. The third-order valence-corrected chi connectivity index (χ3v) is 4.38. The zero-order valence-electron chi connectivity index (χ0n) is 13.8. The van der Waals surface area contributed by atoms with Gasteiger partial charge in [-0.25, -0.2) is 4.98 Å². The van der Waals surface area contributed by atoms with E-state index in [0.717, 1.165) is 25.2 Å². The Morgan fingerprint density at radius 2 is 2.17 bits per heavy atom. The van der Waals surface area contributed by atoms with Crippen LogP contribution in [0.25, 0.3) is 0 Å². The van der Waals surface area contributed by atoms with Gasteiger partial charge in [-0.3, -0.25) is 10.3 Å². The molecule has 0 fully saturated rings. The van der Waals surface area contributed by atoms with Gasteiger partial charge in [0.2, 0.25) is 5.13 Å². The summed E-state index contributed by atoms with van der Waals surface area (Å²) in [5.74, 6) is 0.516. The molecule has 124 valence electrons. The second-order valence-electron chi connectivity index (χ2n) is 5.37. The average molecular weight is 331 g/mol. The molecule has 0 bridgehead atoms. The van der Waals surface area contributed by atoms with E-state index < -0.39 is 0 Å². The fourth-order valence-electron chi connectivity index (χ4n) is 2.27. The minimum absolute atomic E-state index is 0.516. The van der Waals surface area contributed by atoms with Crippen LogP contribution in [-0.2, 0) is 6.54 Å². The molecule has 6 heteroatoms. The second-order valence-corrected chi connectivity index (χ2v) is 6.23. The van der Waals surface area contributed by atoms with Crippen molar-refractivity contribution in [2.45, 2.75) is 33.2 Å². The van der Waals surface area contributed by atoms with Crippen LogP contribution in [0.15, 0.2) is 34.7 Å². The van der Waals surface area contributed by atoms with Crippen LogP contribution in [0.2, 0.25) is 0 Å². The molecule has 0 unspecified atom stereocenters. The first-order chi connectivity index (χ1) is 11.2. The van der Waals surface area contributed by atoms with Gasteiger partial charge in [0.1, 0.15) is 5.82 Å². The van der Waals surface area contributed by atoms with E-state index in [1.807, 2.05) is 12.3 Å². The number of hydrazone groups is 1. The standard InChI is InChI=1S/C17H25N5S/c1-3-5-10-22(4-2)12-15-9-7-6-8-14(15)11-19-21-17-20-16(18)13-23-17/h6-9,11,13H,3-5,10,12,18H2,1-2H3,(H,20,21). The molecule has 0 spiro atoms. The Bertz CT molecular complexity index is 623. The van der Waals surface area contributed by atoms with Gasteiger partial charge in [-0.2, -0.15) is 5.10 Å². The van der Waals surface area contributed by atoms with E-state index in [-0.39, 0.29) is 0 Å². The molecule has 1 aromatic carbocycles.